The monoisotopic (exact) mass is 632 g/mol. The van der Waals surface area contributed by atoms with Crippen LogP contribution in [0.1, 0.15) is 41.8 Å². The third-order valence-electron chi connectivity index (χ3n) is 7.34. The zero-order valence-electron chi connectivity index (χ0n) is 25.7. The van der Waals surface area contributed by atoms with Crippen molar-refractivity contribution >= 4 is 29.6 Å². The summed E-state index contributed by atoms with van der Waals surface area (Å²) in [6.45, 7) is 2.60. The SMILES string of the molecule is C[C@@H](OCc1ccccc1)[C@H](N)C(=O)N(C(=O)c1ccccc1)[C@@H](C)C(=O)N[C@@H](Cc1ccccc1)C(=O)N[C@@H](CCO)C(=O)O. The highest BCUT2D eigenvalue weighted by atomic mass is 16.5. The van der Waals surface area contributed by atoms with Crippen LogP contribution in [0.5, 0.6) is 0 Å². The molecule has 12 heteroatoms. The van der Waals surface area contributed by atoms with E-state index in [4.69, 9.17) is 10.5 Å². The van der Waals surface area contributed by atoms with Crippen LogP contribution in [0.15, 0.2) is 91.0 Å². The number of rotatable bonds is 16. The second-order valence-corrected chi connectivity index (χ2v) is 10.7. The van der Waals surface area contributed by atoms with E-state index < -0.39 is 66.5 Å². The summed E-state index contributed by atoms with van der Waals surface area (Å²) in [5, 5.41) is 23.7. The van der Waals surface area contributed by atoms with E-state index in [1.54, 1.807) is 55.5 Å². The molecular weight excluding hydrogens is 592 g/mol. The number of benzene rings is 3. The zero-order chi connectivity index (χ0) is 33.6. The molecule has 12 nitrogen and oxygen atoms in total. The number of hydrogen-bond donors (Lipinski definition) is 5. The number of nitrogens with one attached hydrogen (secondary N) is 2. The van der Waals surface area contributed by atoms with Gasteiger partial charge in [-0.05, 0) is 37.1 Å². The lowest BCUT2D eigenvalue weighted by atomic mass is 10.0. The molecule has 0 aliphatic rings. The van der Waals surface area contributed by atoms with Crippen molar-refractivity contribution in [3.05, 3.63) is 108 Å². The van der Waals surface area contributed by atoms with Crippen LogP contribution < -0.4 is 16.4 Å². The Morgan fingerprint density at radius 2 is 1.30 bits per heavy atom. The Hall–Kier alpha value is -4.91. The van der Waals surface area contributed by atoms with Crippen LogP contribution in [0.25, 0.3) is 0 Å². The number of aliphatic hydroxyl groups excluding tert-OH is 1. The molecule has 5 atom stereocenters. The molecule has 4 amide bonds. The molecule has 244 valence electrons. The lowest BCUT2D eigenvalue weighted by molar-refractivity contribution is -0.143. The first-order chi connectivity index (χ1) is 22.0. The van der Waals surface area contributed by atoms with Gasteiger partial charge in [-0.1, -0.05) is 78.9 Å². The highest BCUT2D eigenvalue weighted by Gasteiger charge is 2.38. The summed E-state index contributed by atoms with van der Waals surface area (Å²) in [5.41, 5.74) is 7.94. The molecule has 6 N–H and O–H groups in total. The molecule has 0 aromatic heterocycles. The maximum absolute atomic E-state index is 13.8. The molecule has 3 aromatic carbocycles. The molecule has 0 aliphatic carbocycles. The van der Waals surface area contributed by atoms with Gasteiger partial charge in [0, 0.05) is 25.0 Å². The summed E-state index contributed by atoms with van der Waals surface area (Å²) in [5.74, 6) is -4.68. The number of aliphatic carboxylic acids is 1. The van der Waals surface area contributed by atoms with E-state index in [0.717, 1.165) is 10.5 Å². The number of carboxylic acid groups (broad SMARTS) is 1. The third-order valence-corrected chi connectivity index (χ3v) is 7.34. The normalized spacial score (nSPS) is 14.2. The van der Waals surface area contributed by atoms with E-state index >= 15 is 0 Å². The number of carbonyl (C=O) groups is 5. The fourth-order valence-electron chi connectivity index (χ4n) is 4.58. The standard InChI is InChI=1S/C34H40N4O8/c1-22(30(40)37-28(20-24-12-6-3-7-13-24)31(41)36-27(18-19-39)34(44)45)38(32(42)26-16-10-5-11-17-26)33(43)29(35)23(2)46-21-25-14-8-4-9-15-25/h3-17,22-23,27-29,39H,18-21,35H2,1-2H3,(H,36,41)(H,37,40)(H,44,45)/t22-,23+,27-,28-,29-/m0/s1. The largest absolute Gasteiger partial charge is 0.480 e. The minimum Gasteiger partial charge on any atom is -0.480 e. The van der Waals surface area contributed by atoms with Crippen molar-refractivity contribution in [3.8, 4) is 0 Å². The van der Waals surface area contributed by atoms with Gasteiger partial charge in [0.25, 0.3) is 5.91 Å². The Labute approximate surface area is 267 Å². The minimum absolute atomic E-state index is 0.0267. The summed E-state index contributed by atoms with van der Waals surface area (Å²) in [7, 11) is 0. The van der Waals surface area contributed by atoms with Gasteiger partial charge in [-0.25, -0.2) is 4.79 Å². The van der Waals surface area contributed by atoms with E-state index in [1.165, 1.54) is 19.1 Å². The molecule has 46 heavy (non-hydrogen) atoms. The van der Waals surface area contributed by atoms with Gasteiger partial charge in [0.15, 0.2) is 0 Å². The summed E-state index contributed by atoms with van der Waals surface area (Å²) < 4.78 is 5.82. The van der Waals surface area contributed by atoms with Gasteiger partial charge >= 0.3 is 5.97 Å². The summed E-state index contributed by atoms with van der Waals surface area (Å²) in [6.07, 6.45) is -1.12. The second-order valence-electron chi connectivity index (χ2n) is 10.7. The fraction of sp³-hybridized carbons (Fsp3) is 0.324. The van der Waals surface area contributed by atoms with Gasteiger partial charge in [0.2, 0.25) is 17.7 Å². The number of imide groups is 1. The number of nitrogens with zero attached hydrogens (tertiary/aromatic N) is 1. The predicted octanol–water partition coefficient (Wildman–Crippen LogP) is 1.66. The number of aliphatic hydroxyl groups is 1. The van der Waals surface area contributed by atoms with Crippen molar-refractivity contribution in [2.24, 2.45) is 5.73 Å². The van der Waals surface area contributed by atoms with Crippen molar-refractivity contribution in [1.82, 2.24) is 15.5 Å². The van der Waals surface area contributed by atoms with Crippen LogP contribution in [-0.2, 0) is 36.9 Å². The van der Waals surface area contributed by atoms with Gasteiger partial charge in [0.1, 0.15) is 24.2 Å². The van der Waals surface area contributed by atoms with Crippen LogP contribution in [-0.4, -0.2) is 81.6 Å². The number of amides is 4. The van der Waals surface area contributed by atoms with Crippen LogP contribution in [0, 0.1) is 0 Å². The molecule has 0 unspecified atom stereocenters. The Morgan fingerprint density at radius 1 is 0.783 bits per heavy atom. The van der Waals surface area contributed by atoms with E-state index in [0.29, 0.717) is 5.56 Å². The van der Waals surface area contributed by atoms with Gasteiger partial charge in [-0.3, -0.25) is 24.1 Å². The van der Waals surface area contributed by atoms with Crippen molar-refractivity contribution in [2.45, 2.75) is 63.6 Å². The Morgan fingerprint density at radius 3 is 1.85 bits per heavy atom. The van der Waals surface area contributed by atoms with Crippen molar-refractivity contribution in [3.63, 3.8) is 0 Å². The van der Waals surface area contributed by atoms with Crippen LogP contribution >= 0.6 is 0 Å². The van der Waals surface area contributed by atoms with E-state index in [9.17, 15) is 34.2 Å². The van der Waals surface area contributed by atoms with Gasteiger partial charge in [0.05, 0.1) is 12.7 Å². The Bertz CT molecular complexity index is 1460. The lowest BCUT2D eigenvalue weighted by Gasteiger charge is -2.32. The maximum Gasteiger partial charge on any atom is 0.326 e. The summed E-state index contributed by atoms with van der Waals surface area (Å²) in [6, 6.07) is 20.4. The molecule has 0 aliphatic heterocycles. The maximum atomic E-state index is 13.8. The zero-order valence-corrected chi connectivity index (χ0v) is 25.7. The molecule has 0 radical (unpaired) electrons. The average molecular weight is 633 g/mol. The first kappa shape index (κ1) is 35.6. The molecule has 0 saturated heterocycles. The fourth-order valence-corrected chi connectivity index (χ4v) is 4.58. The molecule has 3 aromatic rings. The first-order valence-electron chi connectivity index (χ1n) is 14.8. The molecule has 3 rings (SSSR count). The number of hydrogen-bond acceptors (Lipinski definition) is 8. The summed E-state index contributed by atoms with van der Waals surface area (Å²) in [4.78, 5) is 66.9. The topological polar surface area (TPSA) is 188 Å². The molecule has 0 fully saturated rings. The molecule has 0 saturated carbocycles. The van der Waals surface area contributed by atoms with Gasteiger partial charge < -0.3 is 31.3 Å². The first-order valence-corrected chi connectivity index (χ1v) is 14.8. The molecular formula is C34H40N4O8. The smallest absolute Gasteiger partial charge is 0.326 e. The highest BCUT2D eigenvalue weighted by molar-refractivity contribution is 6.09. The Balaban J connectivity index is 1.87. The number of nitrogens with two attached hydrogens (primary N) is 1. The van der Waals surface area contributed by atoms with Crippen LogP contribution in [0.3, 0.4) is 0 Å². The quantitative estimate of drug-likeness (QED) is 0.156. The van der Waals surface area contributed by atoms with Crippen molar-refractivity contribution < 1.29 is 38.9 Å². The molecule has 0 heterocycles. The average Bonchev–Trinajstić information content (AvgIpc) is 3.07. The number of ether oxygens (including phenoxy) is 1. The summed E-state index contributed by atoms with van der Waals surface area (Å²) >= 11 is 0. The van der Waals surface area contributed by atoms with Crippen molar-refractivity contribution in [1.29, 1.82) is 0 Å². The van der Waals surface area contributed by atoms with Crippen LogP contribution in [0.2, 0.25) is 0 Å². The second kappa shape index (κ2) is 17.5. The Kier molecular flexibility index (Phi) is 13.6. The van der Waals surface area contributed by atoms with Gasteiger partial charge in [-0.15, -0.1) is 0 Å². The number of carboxylic acids is 1. The molecule has 0 spiro atoms. The van der Waals surface area contributed by atoms with Gasteiger partial charge in [-0.2, -0.15) is 0 Å². The minimum atomic E-state index is -1.44. The van der Waals surface area contributed by atoms with E-state index in [-0.39, 0.29) is 25.0 Å². The third kappa shape index (κ3) is 10.1. The van der Waals surface area contributed by atoms with E-state index in [1.807, 2.05) is 30.3 Å². The molecule has 0 bridgehead atoms. The van der Waals surface area contributed by atoms with E-state index in [2.05, 4.69) is 10.6 Å². The van der Waals surface area contributed by atoms with Crippen molar-refractivity contribution in [2.75, 3.05) is 6.61 Å². The highest BCUT2D eigenvalue weighted by Crippen LogP contribution is 2.15. The van der Waals surface area contributed by atoms with Crippen LogP contribution in [0.4, 0.5) is 0 Å². The number of carbonyl (C=O) groups excluding carboxylic acids is 4. The predicted molar refractivity (Wildman–Crippen MR) is 169 cm³/mol. The lowest BCUT2D eigenvalue weighted by Crippen LogP contribution is -2.60.